The van der Waals surface area contributed by atoms with Crippen LogP contribution in [-0.2, 0) is 16.8 Å². The van der Waals surface area contributed by atoms with Crippen LogP contribution in [-0.4, -0.2) is 37.8 Å². The topological polar surface area (TPSA) is 131 Å². The number of carbonyl (C=O) groups is 2. The number of benzene rings is 2. The predicted octanol–water partition coefficient (Wildman–Crippen LogP) is 3.17. The van der Waals surface area contributed by atoms with Crippen molar-refractivity contribution >= 4 is 35.1 Å². The van der Waals surface area contributed by atoms with E-state index < -0.39 is 41.1 Å². The smallest absolute Gasteiger partial charge is 0.338 e. The molecule has 0 bridgehead atoms. The fourth-order valence-electron chi connectivity index (χ4n) is 3.42. The summed E-state index contributed by atoms with van der Waals surface area (Å²) in [6.07, 6.45) is 0. The highest BCUT2D eigenvalue weighted by molar-refractivity contribution is 6.37. The second-order valence-corrected chi connectivity index (χ2v) is 9.62. The van der Waals surface area contributed by atoms with Gasteiger partial charge in [-0.25, -0.2) is 9.36 Å². The van der Waals surface area contributed by atoms with Gasteiger partial charge in [0.15, 0.2) is 5.56 Å². The number of amides is 1. The lowest BCUT2D eigenvalue weighted by Crippen LogP contribution is -2.44. The summed E-state index contributed by atoms with van der Waals surface area (Å²) in [6, 6.07) is 11.6. The van der Waals surface area contributed by atoms with Crippen LogP contribution in [0.15, 0.2) is 52.1 Å². The Balaban J connectivity index is 2.26. The highest BCUT2D eigenvalue weighted by atomic mass is 35.5. The Morgan fingerprint density at radius 3 is 2.09 bits per heavy atom. The average molecular weight is 520 g/mol. The molecule has 1 heterocycles. The predicted molar refractivity (Wildman–Crippen MR) is 132 cm³/mol. The van der Waals surface area contributed by atoms with Crippen molar-refractivity contribution in [3.8, 4) is 11.6 Å². The maximum Gasteiger partial charge on any atom is 0.338 e. The molecular weight excluding hydrogens is 497 g/mol. The molecule has 0 unspecified atom stereocenters. The molecule has 3 aromatic rings. The minimum Gasteiger partial charge on any atom is -0.493 e. The Morgan fingerprint density at radius 1 is 1.00 bits per heavy atom. The SMILES string of the molecule is CC(C)(C)c1ccc(Cn2c(=O)c(C(=O)NCC(=O)O)c(O)n(-c3c(Cl)cccc3Cl)c2=O)cc1. The van der Waals surface area contributed by atoms with E-state index in [4.69, 9.17) is 28.3 Å². The monoisotopic (exact) mass is 519 g/mol. The van der Waals surface area contributed by atoms with Gasteiger partial charge in [-0.3, -0.25) is 19.0 Å². The van der Waals surface area contributed by atoms with E-state index in [0.717, 1.165) is 10.1 Å². The summed E-state index contributed by atoms with van der Waals surface area (Å²) in [5, 5.41) is 21.7. The van der Waals surface area contributed by atoms with Crippen LogP contribution in [0.3, 0.4) is 0 Å². The number of aromatic hydroxyl groups is 1. The molecule has 0 spiro atoms. The van der Waals surface area contributed by atoms with E-state index in [1.807, 2.05) is 38.2 Å². The molecule has 9 nitrogen and oxygen atoms in total. The van der Waals surface area contributed by atoms with Gasteiger partial charge in [-0.05, 0) is 28.7 Å². The number of aromatic nitrogens is 2. The molecule has 0 aliphatic carbocycles. The maximum absolute atomic E-state index is 13.4. The van der Waals surface area contributed by atoms with Gasteiger partial charge in [0.2, 0.25) is 5.88 Å². The van der Waals surface area contributed by atoms with Crippen molar-refractivity contribution in [2.24, 2.45) is 0 Å². The lowest BCUT2D eigenvalue weighted by atomic mass is 9.87. The quantitative estimate of drug-likeness (QED) is 0.458. The third-order valence-corrected chi connectivity index (χ3v) is 5.88. The molecule has 1 aromatic heterocycles. The van der Waals surface area contributed by atoms with E-state index in [-0.39, 0.29) is 27.7 Å². The third kappa shape index (κ3) is 5.41. The summed E-state index contributed by atoms with van der Waals surface area (Å²) >= 11 is 12.5. The Labute approximate surface area is 210 Å². The second-order valence-electron chi connectivity index (χ2n) is 8.80. The molecule has 1 amide bonds. The minimum atomic E-state index is -1.36. The Bertz CT molecular complexity index is 1400. The van der Waals surface area contributed by atoms with Gasteiger partial charge in [0.1, 0.15) is 6.54 Å². The summed E-state index contributed by atoms with van der Waals surface area (Å²) in [5.74, 6) is -3.56. The van der Waals surface area contributed by atoms with Crippen molar-refractivity contribution in [2.45, 2.75) is 32.7 Å². The van der Waals surface area contributed by atoms with Crippen LogP contribution < -0.4 is 16.6 Å². The van der Waals surface area contributed by atoms with Crippen LogP contribution in [0.25, 0.3) is 5.69 Å². The van der Waals surface area contributed by atoms with Crippen molar-refractivity contribution in [3.05, 3.63) is 90.0 Å². The zero-order chi connectivity index (χ0) is 26.1. The summed E-state index contributed by atoms with van der Waals surface area (Å²) in [4.78, 5) is 50.2. The molecule has 0 aliphatic rings. The lowest BCUT2D eigenvalue weighted by Gasteiger charge is -2.20. The van der Waals surface area contributed by atoms with Crippen LogP contribution in [0.2, 0.25) is 10.0 Å². The molecule has 3 N–H and O–H groups in total. The average Bonchev–Trinajstić information content (AvgIpc) is 2.77. The highest BCUT2D eigenvalue weighted by Crippen LogP contribution is 2.30. The third-order valence-electron chi connectivity index (χ3n) is 5.27. The van der Waals surface area contributed by atoms with Gasteiger partial charge in [-0.1, -0.05) is 74.3 Å². The Kier molecular flexibility index (Phi) is 7.42. The number of nitrogens with zero attached hydrogens (tertiary/aromatic N) is 2. The molecule has 0 radical (unpaired) electrons. The van der Waals surface area contributed by atoms with Crippen molar-refractivity contribution in [1.82, 2.24) is 14.5 Å². The first kappa shape index (κ1) is 26.1. The van der Waals surface area contributed by atoms with Crippen LogP contribution in [0, 0.1) is 0 Å². The van der Waals surface area contributed by atoms with Crippen LogP contribution >= 0.6 is 23.2 Å². The number of nitrogens with one attached hydrogen (secondary N) is 1. The second kappa shape index (κ2) is 9.97. The number of carboxylic acid groups (broad SMARTS) is 1. The molecule has 2 aromatic carbocycles. The van der Waals surface area contributed by atoms with E-state index >= 15 is 0 Å². The molecule has 0 saturated carbocycles. The summed E-state index contributed by atoms with van der Waals surface area (Å²) in [6.45, 7) is 5.09. The number of carboxylic acids is 1. The molecule has 184 valence electrons. The lowest BCUT2D eigenvalue weighted by molar-refractivity contribution is -0.135. The number of para-hydroxylation sites is 1. The molecule has 3 rings (SSSR count). The van der Waals surface area contributed by atoms with Crippen LogP contribution in [0.4, 0.5) is 0 Å². The summed E-state index contributed by atoms with van der Waals surface area (Å²) in [7, 11) is 0. The van der Waals surface area contributed by atoms with Gasteiger partial charge in [0.05, 0.1) is 22.3 Å². The van der Waals surface area contributed by atoms with Gasteiger partial charge >= 0.3 is 11.7 Å². The van der Waals surface area contributed by atoms with Crippen molar-refractivity contribution in [1.29, 1.82) is 0 Å². The van der Waals surface area contributed by atoms with Crippen LogP contribution in [0.1, 0.15) is 42.3 Å². The first-order valence-electron chi connectivity index (χ1n) is 10.5. The number of carbonyl (C=O) groups excluding carboxylic acids is 1. The molecule has 0 saturated heterocycles. The van der Waals surface area contributed by atoms with Crippen LogP contribution in [0.5, 0.6) is 5.88 Å². The molecule has 0 fully saturated rings. The maximum atomic E-state index is 13.4. The number of hydrogen-bond acceptors (Lipinski definition) is 5. The fourth-order valence-corrected chi connectivity index (χ4v) is 3.99. The van der Waals surface area contributed by atoms with Gasteiger partial charge in [-0.15, -0.1) is 0 Å². The molecule has 0 atom stereocenters. The molecule has 0 aliphatic heterocycles. The van der Waals surface area contributed by atoms with E-state index in [2.05, 4.69) is 0 Å². The van der Waals surface area contributed by atoms with Gasteiger partial charge in [0.25, 0.3) is 11.5 Å². The molecular formula is C24H23Cl2N3O6. The number of rotatable bonds is 6. The molecule has 35 heavy (non-hydrogen) atoms. The number of halogens is 2. The first-order valence-corrected chi connectivity index (χ1v) is 11.2. The minimum absolute atomic E-state index is 0.0217. The summed E-state index contributed by atoms with van der Waals surface area (Å²) in [5.41, 5.74) is -1.55. The largest absolute Gasteiger partial charge is 0.493 e. The van der Waals surface area contributed by atoms with E-state index in [0.29, 0.717) is 10.1 Å². The zero-order valence-corrected chi connectivity index (χ0v) is 20.6. The van der Waals surface area contributed by atoms with E-state index in [1.165, 1.54) is 18.2 Å². The number of aliphatic carboxylic acids is 1. The summed E-state index contributed by atoms with van der Waals surface area (Å²) < 4.78 is 1.41. The Hall–Kier alpha value is -3.56. The number of hydrogen-bond donors (Lipinski definition) is 3. The van der Waals surface area contributed by atoms with E-state index in [1.54, 1.807) is 12.1 Å². The normalized spacial score (nSPS) is 11.3. The van der Waals surface area contributed by atoms with Gasteiger partial charge in [-0.2, -0.15) is 0 Å². The zero-order valence-electron chi connectivity index (χ0n) is 19.1. The van der Waals surface area contributed by atoms with E-state index in [9.17, 15) is 24.3 Å². The molecule has 11 heteroatoms. The highest BCUT2D eigenvalue weighted by Gasteiger charge is 2.27. The fraction of sp³-hybridized carbons (Fsp3) is 0.250. The van der Waals surface area contributed by atoms with Gasteiger partial charge < -0.3 is 15.5 Å². The van der Waals surface area contributed by atoms with Crippen molar-refractivity contribution in [3.63, 3.8) is 0 Å². The van der Waals surface area contributed by atoms with Gasteiger partial charge in [0, 0.05) is 0 Å². The first-order chi connectivity index (χ1) is 16.3. The van der Waals surface area contributed by atoms with Crippen molar-refractivity contribution in [2.75, 3.05) is 6.54 Å². The standard InChI is InChI=1S/C24H23Cl2N3O6/c1-24(2,3)14-9-7-13(8-10-14)12-28-21(33)18(20(32)27-11-17(30)31)22(34)29(23(28)35)19-15(25)5-4-6-16(19)26/h4-10,34H,11-12H2,1-3H3,(H,27,32)(H,30,31). The van der Waals surface area contributed by atoms with Crippen molar-refractivity contribution < 1.29 is 19.8 Å². The Morgan fingerprint density at radius 2 is 1.57 bits per heavy atom.